The third-order valence-electron chi connectivity index (χ3n) is 5.33. The molecule has 0 fully saturated rings. The molecule has 0 saturated carbocycles. The van der Waals surface area contributed by atoms with E-state index < -0.39 is 0 Å². The van der Waals surface area contributed by atoms with Crippen molar-refractivity contribution in [3.05, 3.63) is 65.5 Å². The van der Waals surface area contributed by atoms with Crippen LogP contribution in [0.1, 0.15) is 43.8 Å². The van der Waals surface area contributed by atoms with Crippen molar-refractivity contribution >= 4 is 29.3 Å². The summed E-state index contributed by atoms with van der Waals surface area (Å²) < 4.78 is 7.07. The monoisotopic (exact) mass is 481 g/mol. The van der Waals surface area contributed by atoms with Crippen molar-refractivity contribution in [3.8, 4) is 5.75 Å². The zero-order valence-electron chi connectivity index (χ0n) is 20.0. The molecule has 1 atom stereocenters. The minimum atomic E-state index is -0.321. The fraction of sp³-hybridized carbons (Fsp3) is 0.360. The second-order valence-corrected chi connectivity index (χ2v) is 8.73. The fourth-order valence-electron chi connectivity index (χ4n) is 3.46. The predicted molar refractivity (Wildman–Crippen MR) is 134 cm³/mol. The Hall–Kier alpha value is -3.33. The van der Waals surface area contributed by atoms with E-state index >= 15 is 0 Å². The van der Waals surface area contributed by atoms with Crippen LogP contribution in [0.25, 0.3) is 0 Å². The number of rotatable bonds is 11. The molecule has 0 radical (unpaired) electrons. The lowest BCUT2D eigenvalue weighted by Crippen LogP contribution is -2.30. The van der Waals surface area contributed by atoms with Crippen LogP contribution in [-0.4, -0.2) is 39.4 Å². The molecule has 0 aliphatic rings. The van der Waals surface area contributed by atoms with Gasteiger partial charge in [-0.1, -0.05) is 43.0 Å². The molecule has 0 saturated heterocycles. The highest BCUT2D eigenvalue weighted by atomic mass is 32.2. The van der Waals surface area contributed by atoms with Gasteiger partial charge >= 0.3 is 0 Å². The average Bonchev–Trinajstić information content (AvgIpc) is 3.27. The van der Waals surface area contributed by atoms with Crippen LogP contribution in [0.3, 0.4) is 0 Å². The molecular weight excluding hydrogens is 450 g/mol. The highest BCUT2D eigenvalue weighted by Gasteiger charge is 2.20. The van der Waals surface area contributed by atoms with Crippen LogP contribution < -0.4 is 15.4 Å². The molecule has 0 spiro atoms. The first-order chi connectivity index (χ1) is 16.4. The van der Waals surface area contributed by atoms with Gasteiger partial charge in [0.25, 0.3) is 0 Å². The van der Waals surface area contributed by atoms with Gasteiger partial charge in [-0.15, -0.1) is 10.2 Å². The molecule has 2 N–H and O–H groups in total. The van der Waals surface area contributed by atoms with Gasteiger partial charge in [0, 0.05) is 12.2 Å². The number of benzene rings is 2. The number of anilines is 1. The molecule has 3 aromatic rings. The highest BCUT2D eigenvalue weighted by molar-refractivity contribution is 7.99. The average molecular weight is 482 g/mol. The molecule has 0 aliphatic heterocycles. The van der Waals surface area contributed by atoms with Crippen LogP contribution in [0, 0.1) is 0 Å². The molecule has 1 heterocycles. The number of nitrogens with zero attached hydrogens (tertiary/aromatic N) is 3. The first kappa shape index (κ1) is 25.3. The molecule has 9 heteroatoms. The topological polar surface area (TPSA) is 98.1 Å². The Morgan fingerprint density at radius 2 is 1.68 bits per heavy atom. The second kappa shape index (κ2) is 12.2. The van der Waals surface area contributed by atoms with E-state index in [1.165, 1.54) is 17.3 Å². The van der Waals surface area contributed by atoms with Crippen LogP contribution >= 0.6 is 11.8 Å². The van der Waals surface area contributed by atoms with Gasteiger partial charge in [-0.05, 0) is 55.7 Å². The highest BCUT2D eigenvalue weighted by Crippen LogP contribution is 2.21. The van der Waals surface area contributed by atoms with E-state index in [4.69, 9.17) is 4.74 Å². The minimum absolute atomic E-state index is 0.106. The largest absolute Gasteiger partial charge is 0.497 e. The van der Waals surface area contributed by atoms with Crippen LogP contribution in [0.15, 0.2) is 53.7 Å². The van der Waals surface area contributed by atoms with Crippen molar-refractivity contribution in [2.75, 3.05) is 18.2 Å². The standard InChI is InChI=1S/C25H31N5O3S/c1-5-18-7-11-20(12-8-18)27-23(32)16-34-25-29-28-24(30(25)6-2)17(3)26-22(31)15-19-9-13-21(33-4)14-10-19/h7-14,17H,5-6,15-16H2,1-4H3,(H,26,31)(H,27,32)/t17-/m1/s1. The molecule has 8 nitrogen and oxygen atoms in total. The third kappa shape index (κ3) is 6.84. The van der Waals surface area contributed by atoms with Crippen LogP contribution in [0.5, 0.6) is 5.75 Å². The van der Waals surface area contributed by atoms with E-state index in [1.54, 1.807) is 7.11 Å². The molecule has 180 valence electrons. The lowest BCUT2D eigenvalue weighted by Gasteiger charge is -2.15. The first-order valence-corrected chi connectivity index (χ1v) is 12.3. The maximum absolute atomic E-state index is 12.5. The van der Waals surface area contributed by atoms with Gasteiger partial charge in [0.2, 0.25) is 11.8 Å². The lowest BCUT2D eigenvalue weighted by atomic mass is 10.1. The van der Waals surface area contributed by atoms with Gasteiger partial charge in [0.1, 0.15) is 5.75 Å². The number of aryl methyl sites for hydroxylation is 1. The maximum atomic E-state index is 12.5. The number of carbonyl (C=O) groups excluding carboxylic acids is 2. The van der Waals surface area contributed by atoms with Gasteiger partial charge in [0.15, 0.2) is 11.0 Å². The molecule has 1 aromatic heterocycles. The van der Waals surface area contributed by atoms with E-state index in [2.05, 4.69) is 27.8 Å². The smallest absolute Gasteiger partial charge is 0.234 e. The SMILES string of the molecule is CCc1ccc(NC(=O)CSc2nnc([C@@H](C)NC(=O)Cc3ccc(OC)cc3)n2CC)cc1. The molecule has 2 amide bonds. The number of amides is 2. The van der Waals surface area contributed by atoms with Gasteiger partial charge in [-0.3, -0.25) is 9.59 Å². The van der Waals surface area contributed by atoms with Gasteiger partial charge < -0.3 is 19.9 Å². The Bertz CT molecular complexity index is 1100. The van der Waals surface area contributed by atoms with Crippen molar-refractivity contribution in [2.45, 2.75) is 51.4 Å². The Labute approximate surface area is 204 Å². The van der Waals surface area contributed by atoms with Crippen molar-refractivity contribution in [3.63, 3.8) is 0 Å². The third-order valence-corrected chi connectivity index (χ3v) is 6.30. The number of thioether (sulfide) groups is 1. The zero-order chi connectivity index (χ0) is 24.5. The number of methoxy groups -OCH3 is 1. The Kier molecular flexibility index (Phi) is 9.09. The summed E-state index contributed by atoms with van der Waals surface area (Å²) in [5.41, 5.74) is 2.89. The summed E-state index contributed by atoms with van der Waals surface area (Å²) in [7, 11) is 1.61. The minimum Gasteiger partial charge on any atom is -0.497 e. The Balaban J connectivity index is 1.55. The number of aromatic nitrogens is 3. The zero-order valence-corrected chi connectivity index (χ0v) is 20.8. The van der Waals surface area contributed by atoms with Crippen molar-refractivity contribution in [1.29, 1.82) is 0 Å². The van der Waals surface area contributed by atoms with E-state index in [0.717, 1.165) is 23.4 Å². The number of hydrogen-bond acceptors (Lipinski definition) is 6. The summed E-state index contributed by atoms with van der Waals surface area (Å²) in [6.07, 6.45) is 1.22. The quantitative estimate of drug-likeness (QED) is 0.402. The Morgan fingerprint density at radius 3 is 2.29 bits per heavy atom. The van der Waals surface area contributed by atoms with E-state index in [-0.39, 0.29) is 30.0 Å². The van der Waals surface area contributed by atoms with Crippen LogP contribution in [0.4, 0.5) is 5.69 Å². The summed E-state index contributed by atoms with van der Waals surface area (Å²) in [5.74, 6) is 1.41. The summed E-state index contributed by atoms with van der Waals surface area (Å²) in [6.45, 7) is 6.58. The van der Waals surface area contributed by atoms with Crippen molar-refractivity contribution in [1.82, 2.24) is 20.1 Å². The summed E-state index contributed by atoms with van der Waals surface area (Å²) in [6, 6.07) is 14.9. The van der Waals surface area contributed by atoms with E-state index in [0.29, 0.717) is 17.5 Å². The number of hydrogen-bond donors (Lipinski definition) is 2. The fourth-order valence-corrected chi connectivity index (χ4v) is 4.27. The molecule has 0 unspecified atom stereocenters. The van der Waals surface area contributed by atoms with Crippen molar-refractivity contribution < 1.29 is 14.3 Å². The number of ether oxygens (including phenoxy) is 1. The Morgan fingerprint density at radius 1 is 1.00 bits per heavy atom. The van der Waals surface area contributed by atoms with E-state index in [1.807, 2.05) is 66.9 Å². The first-order valence-electron chi connectivity index (χ1n) is 11.3. The molecule has 0 aliphatic carbocycles. The molecule has 3 rings (SSSR count). The molecule has 34 heavy (non-hydrogen) atoms. The normalized spacial score (nSPS) is 11.6. The molecule has 2 aromatic carbocycles. The number of carbonyl (C=O) groups is 2. The van der Waals surface area contributed by atoms with Crippen LogP contribution in [-0.2, 0) is 29.0 Å². The lowest BCUT2D eigenvalue weighted by molar-refractivity contribution is -0.121. The van der Waals surface area contributed by atoms with Crippen molar-refractivity contribution in [2.24, 2.45) is 0 Å². The maximum Gasteiger partial charge on any atom is 0.234 e. The summed E-state index contributed by atoms with van der Waals surface area (Å²) in [4.78, 5) is 24.9. The second-order valence-electron chi connectivity index (χ2n) is 7.79. The molecule has 0 bridgehead atoms. The predicted octanol–water partition coefficient (Wildman–Crippen LogP) is 4.02. The summed E-state index contributed by atoms with van der Waals surface area (Å²) >= 11 is 1.32. The van der Waals surface area contributed by atoms with Gasteiger partial charge in [0.05, 0.1) is 25.3 Å². The van der Waals surface area contributed by atoms with E-state index in [9.17, 15) is 9.59 Å². The van der Waals surface area contributed by atoms with Gasteiger partial charge in [-0.2, -0.15) is 0 Å². The summed E-state index contributed by atoms with van der Waals surface area (Å²) in [5, 5.41) is 15.1. The van der Waals surface area contributed by atoms with Crippen LogP contribution in [0.2, 0.25) is 0 Å². The van der Waals surface area contributed by atoms with Gasteiger partial charge in [-0.25, -0.2) is 0 Å². The molecular formula is C25H31N5O3S. The number of nitrogens with one attached hydrogen (secondary N) is 2.